The molecule has 17 heavy (non-hydrogen) atoms. The van der Waals surface area contributed by atoms with E-state index in [9.17, 15) is 0 Å². The maximum atomic E-state index is 5.73. The van der Waals surface area contributed by atoms with Crippen LogP contribution >= 0.6 is 11.3 Å². The lowest BCUT2D eigenvalue weighted by atomic mass is 10.0. The third-order valence-electron chi connectivity index (χ3n) is 3.37. The molecule has 0 spiro atoms. The lowest BCUT2D eigenvalue weighted by molar-refractivity contribution is 0.514. The fourth-order valence-corrected chi connectivity index (χ4v) is 2.95. The van der Waals surface area contributed by atoms with Gasteiger partial charge in [-0.15, -0.1) is 10.2 Å². The zero-order valence-electron chi connectivity index (χ0n) is 9.96. The summed E-state index contributed by atoms with van der Waals surface area (Å²) in [6.07, 6.45) is 4.53. The Bertz CT molecular complexity index is 509. The second kappa shape index (κ2) is 4.34. The first-order valence-electron chi connectivity index (χ1n) is 6.23. The molecule has 0 aliphatic heterocycles. The Labute approximate surface area is 104 Å². The maximum Gasteiger partial charge on any atom is 0.234 e. The SMILES string of the molecule is CCC(CN)Cc1nn2c(C3CC3)nnc2s1. The standard InChI is InChI=1S/C11H17N5S/c1-2-7(6-12)5-9-15-16-10(8-3-4-8)13-14-11(16)17-9/h7-8H,2-6,12H2,1H3. The van der Waals surface area contributed by atoms with Crippen LogP contribution in [0.25, 0.3) is 4.96 Å². The summed E-state index contributed by atoms with van der Waals surface area (Å²) in [5.41, 5.74) is 5.73. The molecule has 92 valence electrons. The van der Waals surface area contributed by atoms with Gasteiger partial charge in [0, 0.05) is 12.3 Å². The number of hydrogen-bond donors (Lipinski definition) is 1. The van der Waals surface area contributed by atoms with Crippen molar-refractivity contribution in [2.45, 2.75) is 38.5 Å². The van der Waals surface area contributed by atoms with Crippen LogP contribution in [-0.4, -0.2) is 26.4 Å². The fraction of sp³-hybridized carbons (Fsp3) is 0.727. The fourth-order valence-electron chi connectivity index (χ4n) is 1.99. The Morgan fingerprint density at radius 1 is 1.47 bits per heavy atom. The van der Waals surface area contributed by atoms with E-state index >= 15 is 0 Å². The van der Waals surface area contributed by atoms with Crippen LogP contribution in [0.2, 0.25) is 0 Å². The number of nitrogens with two attached hydrogens (primary N) is 1. The minimum Gasteiger partial charge on any atom is -0.330 e. The molecule has 6 heteroatoms. The highest BCUT2D eigenvalue weighted by Gasteiger charge is 2.30. The van der Waals surface area contributed by atoms with Crippen molar-refractivity contribution in [3.05, 3.63) is 10.8 Å². The van der Waals surface area contributed by atoms with Gasteiger partial charge in [0.15, 0.2) is 5.82 Å². The van der Waals surface area contributed by atoms with E-state index in [0.717, 1.165) is 35.2 Å². The monoisotopic (exact) mass is 251 g/mol. The molecule has 1 aliphatic rings. The molecular formula is C11H17N5S. The van der Waals surface area contributed by atoms with Crippen molar-refractivity contribution in [3.63, 3.8) is 0 Å². The Morgan fingerprint density at radius 3 is 2.94 bits per heavy atom. The zero-order valence-corrected chi connectivity index (χ0v) is 10.8. The van der Waals surface area contributed by atoms with Gasteiger partial charge in [0.05, 0.1) is 0 Å². The van der Waals surface area contributed by atoms with Crippen LogP contribution in [0.15, 0.2) is 0 Å². The summed E-state index contributed by atoms with van der Waals surface area (Å²) in [6.45, 7) is 2.90. The molecule has 1 aliphatic carbocycles. The lowest BCUT2D eigenvalue weighted by Crippen LogP contribution is -2.15. The molecular weight excluding hydrogens is 234 g/mol. The summed E-state index contributed by atoms with van der Waals surface area (Å²) in [7, 11) is 0. The molecule has 0 amide bonds. The topological polar surface area (TPSA) is 69.1 Å². The van der Waals surface area contributed by atoms with Crippen LogP contribution in [0.1, 0.15) is 42.9 Å². The van der Waals surface area contributed by atoms with Gasteiger partial charge in [-0.3, -0.25) is 0 Å². The first kappa shape index (κ1) is 11.1. The summed E-state index contributed by atoms with van der Waals surface area (Å²) < 4.78 is 1.93. The van der Waals surface area contributed by atoms with Gasteiger partial charge in [0.2, 0.25) is 4.96 Å². The predicted molar refractivity (Wildman–Crippen MR) is 67.2 cm³/mol. The number of nitrogens with zero attached hydrogens (tertiary/aromatic N) is 4. The van der Waals surface area contributed by atoms with Gasteiger partial charge < -0.3 is 5.73 Å². The van der Waals surface area contributed by atoms with Crippen molar-refractivity contribution in [1.82, 2.24) is 19.8 Å². The molecule has 5 nitrogen and oxygen atoms in total. The normalized spacial score (nSPS) is 17.8. The van der Waals surface area contributed by atoms with Crippen molar-refractivity contribution in [2.75, 3.05) is 6.54 Å². The number of fused-ring (bicyclic) bond motifs is 1. The van der Waals surface area contributed by atoms with E-state index < -0.39 is 0 Å². The van der Waals surface area contributed by atoms with Gasteiger partial charge in [-0.2, -0.15) is 9.61 Å². The summed E-state index contributed by atoms with van der Waals surface area (Å²) >= 11 is 1.65. The molecule has 2 N–H and O–H groups in total. The molecule has 1 saturated carbocycles. The molecule has 0 bridgehead atoms. The van der Waals surface area contributed by atoms with Crippen LogP contribution in [0.5, 0.6) is 0 Å². The van der Waals surface area contributed by atoms with Gasteiger partial charge in [0.25, 0.3) is 0 Å². The van der Waals surface area contributed by atoms with Crippen molar-refractivity contribution in [2.24, 2.45) is 11.7 Å². The summed E-state index contributed by atoms with van der Waals surface area (Å²) in [6, 6.07) is 0. The molecule has 1 atom stereocenters. The first-order valence-corrected chi connectivity index (χ1v) is 7.04. The van der Waals surface area contributed by atoms with Gasteiger partial charge in [-0.05, 0) is 25.3 Å². The van der Waals surface area contributed by atoms with Crippen molar-refractivity contribution in [3.8, 4) is 0 Å². The van der Waals surface area contributed by atoms with E-state index in [4.69, 9.17) is 5.73 Å². The molecule has 1 fully saturated rings. The van der Waals surface area contributed by atoms with Crippen LogP contribution in [0.3, 0.4) is 0 Å². The summed E-state index contributed by atoms with van der Waals surface area (Å²) in [5.74, 6) is 2.17. The summed E-state index contributed by atoms with van der Waals surface area (Å²) in [4.78, 5) is 0.925. The molecule has 2 heterocycles. The second-order valence-corrected chi connectivity index (χ2v) is 5.78. The van der Waals surface area contributed by atoms with E-state index in [-0.39, 0.29) is 0 Å². The van der Waals surface area contributed by atoms with E-state index in [2.05, 4.69) is 22.2 Å². The average Bonchev–Trinajstić information content (AvgIpc) is 2.98. The maximum absolute atomic E-state index is 5.73. The molecule has 2 aromatic heterocycles. The third-order valence-corrected chi connectivity index (χ3v) is 4.29. The number of aromatic nitrogens is 4. The first-order chi connectivity index (χ1) is 8.31. The minimum atomic E-state index is 0.531. The molecule has 0 saturated heterocycles. The Hall–Kier alpha value is -1.01. The predicted octanol–water partition coefficient (Wildman–Crippen LogP) is 1.59. The molecule has 2 aromatic rings. The number of rotatable bonds is 5. The van der Waals surface area contributed by atoms with Gasteiger partial charge >= 0.3 is 0 Å². The van der Waals surface area contributed by atoms with Gasteiger partial charge in [0.1, 0.15) is 5.01 Å². The van der Waals surface area contributed by atoms with E-state index in [1.54, 1.807) is 11.3 Å². The molecule has 0 aromatic carbocycles. The molecule has 0 radical (unpaired) electrons. The van der Waals surface area contributed by atoms with Crippen LogP contribution < -0.4 is 5.73 Å². The highest BCUT2D eigenvalue weighted by Crippen LogP contribution is 2.39. The second-order valence-electron chi connectivity index (χ2n) is 4.74. The lowest BCUT2D eigenvalue weighted by Gasteiger charge is -2.08. The largest absolute Gasteiger partial charge is 0.330 e. The van der Waals surface area contributed by atoms with Gasteiger partial charge in [-0.25, -0.2) is 0 Å². The highest BCUT2D eigenvalue weighted by molar-refractivity contribution is 7.16. The summed E-state index contributed by atoms with van der Waals surface area (Å²) in [5, 5.41) is 14.2. The smallest absolute Gasteiger partial charge is 0.234 e. The molecule has 1 unspecified atom stereocenters. The average molecular weight is 251 g/mol. The van der Waals surface area contributed by atoms with Crippen molar-refractivity contribution < 1.29 is 0 Å². The Balaban J connectivity index is 1.86. The Morgan fingerprint density at radius 2 is 2.29 bits per heavy atom. The van der Waals surface area contributed by atoms with E-state index in [1.807, 2.05) is 4.52 Å². The highest BCUT2D eigenvalue weighted by atomic mass is 32.1. The van der Waals surface area contributed by atoms with E-state index in [0.29, 0.717) is 11.8 Å². The molecule has 3 rings (SSSR count). The van der Waals surface area contributed by atoms with Gasteiger partial charge in [-0.1, -0.05) is 24.7 Å². The van der Waals surface area contributed by atoms with Crippen LogP contribution in [0, 0.1) is 5.92 Å². The Kier molecular flexibility index (Phi) is 2.84. The van der Waals surface area contributed by atoms with Crippen LogP contribution in [-0.2, 0) is 6.42 Å². The number of hydrogen-bond acceptors (Lipinski definition) is 5. The third kappa shape index (κ3) is 2.07. The van der Waals surface area contributed by atoms with Crippen LogP contribution in [0.4, 0.5) is 0 Å². The minimum absolute atomic E-state index is 0.531. The van der Waals surface area contributed by atoms with Crippen molar-refractivity contribution in [1.29, 1.82) is 0 Å². The van der Waals surface area contributed by atoms with Crippen molar-refractivity contribution >= 4 is 16.3 Å². The van der Waals surface area contributed by atoms with E-state index in [1.165, 1.54) is 12.8 Å². The quantitative estimate of drug-likeness (QED) is 0.876. The zero-order chi connectivity index (χ0) is 11.8.